The molecular formula is C25H40N4O5S. The van der Waals surface area contributed by atoms with Crippen molar-refractivity contribution in [1.29, 1.82) is 0 Å². The van der Waals surface area contributed by atoms with E-state index in [9.17, 15) is 13.2 Å². The summed E-state index contributed by atoms with van der Waals surface area (Å²) in [5.74, 6) is 0.318. The van der Waals surface area contributed by atoms with Crippen LogP contribution < -0.4 is 4.90 Å². The lowest BCUT2D eigenvalue weighted by atomic mass is 9.98. The van der Waals surface area contributed by atoms with E-state index in [0.29, 0.717) is 38.4 Å². The number of rotatable bonds is 5. The van der Waals surface area contributed by atoms with Crippen LogP contribution in [0.25, 0.3) is 0 Å². The molecule has 1 aromatic heterocycles. The number of morpholine rings is 1. The number of nitrogens with zero attached hydrogens (tertiary/aromatic N) is 4. The van der Waals surface area contributed by atoms with Gasteiger partial charge in [-0.25, -0.2) is 13.4 Å². The number of sulfonamides is 1. The molecule has 0 radical (unpaired) electrons. The van der Waals surface area contributed by atoms with Gasteiger partial charge >= 0.3 is 0 Å². The monoisotopic (exact) mass is 508 g/mol. The highest BCUT2D eigenvalue weighted by Crippen LogP contribution is 2.35. The zero-order valence-corrected chi connectivity index (χ0v) is 22.6. The third-order valence-electron chi connectivity index (χ3n) is 7.53. The number of amides is 1. The van der Waals surface area contributed by atoms with Crippen molar-refractivity contribution in [2.24, 2.45) is 0 Å². The lowest BCUT2D eigenvalue weighted by Gasteiger charge is -2.41. The molecule has 35 heavy (non-hydrogen) atoms. The van der Waals surface area contributed by atoms with Gasteiger partial charge in [-0.15, -0.1) is 0 Å². The van der Waals surface area contributed by atoms with Crippen LogP contribution in [0.4, 0.5) is 5.82 Å². The first-order valence-electron chi connectivity index (χ1n) is 12.8. The number of carbonyl (C=O) groups is 1. The highest BCUT2D eigenvalue weighted by molar-refractivity contribution is 7.89. The Morgan fingerprint density at radius 3 is 2.34 bits per heavy atom. The van der Waals surface area contributed by atoms with E-state index < -0.39 is 16.1 Å². The van der Waals surface area contributed by atoms with Gasteiger partial charge in [-0.05, 0) is 72.4 Å². The normalized spacial score (nSPS) is 32.6. The second-order valence-corrected chi connectivity index (χ2v) is 12.4. The summed E-state index contributed by atoms with van der Waals surface area (Å²) in [5, 5.41) is 0. The average Bonchev–Trinajstić information content (AvgIpc) is 3.28. The minimum absolute atomic E-state index is 0.0124. The van der Waals surface area contributed by atoms with Gasteiger partial charge in [-0.3, -0.25) is 4.79 Å². The number of hydrogen-bond donors (Lipinski definition) is 0. The van der Waals surface area contributed by atoms with Crippen molar-refractivity contribution in [3.05, 3.63) is 17.8 Å². The Morgan fingerprint density at radius 2 is 1.71 bits per heavy atom. The summed E-state index contributed by atoms with van der Waals surface area (Å²) in [6.07, 6.45) is 2.83. The predicted octanol–water partition coefficient (Wildman–Crippen LogP) is 2.57. The van der Waals surface area contributed by atoms with Crippen molar-refractivity contribution in [2.45, 2.75) is 102 Å². The van der Waals surface area contributed by atoms with Crippen LogP contribution >= 0.6 is 0 Å². The molecule has 4 rings (SSSR count). The van der Waals surface area contributed by atoms with Crippen LogP contribution in [0, 0.1) is 6.92 Å². The van der Waals surface area contributed by atoms with Crippen LogP contribution in [-0.2, 0) is 24.3 Å². The zero-order valence-electron chi connectivity index (χ0n) is 21.8. The second kappa shape index (κ2) is 10.3. The molecule has 10 heteroatoms. The first kappa shape index (κ1) is 26.3. The fraction of sp³-hybridized carbons (Fsp3) is 0.760. The van der Waals surface area contributed by atoms with E-state index in [4.69, 9.17) is 9.47 Å². The molecular weight excluding hydrogens is 468 g/mol. The molecule has 5 atom stereocenters. The number of pyridine rings is 1. The SMILES string of the molecule is Cc1ccc(S(=O)(=O)N2CCC[C@H]2C(=O)N(C)C2CC(C)OC(C)C2)c(N2[C@@H](C)COC[C@@H]2C)n1. The summed E-state index contributed by atoms with van der Waals surface area (Å²) in [7, 11) is -2.14. The third kappa shape index (κ3) is 5.21. The lowest BCUT2D eigenvalue weighted by Crippen LogP contribution is -2.53. The van der Waals surface area contributed by atoms with Gasteiger partial charge in [0.1, 0.15) is 16.8 Å². The molecule has 3 saturated heterocycles. The molecule has 9 nitrogen and oxygen atoms in total. The standard InChI is InChI=1S/C25H40N4O5S/c1-16-9-10-23(24(26-16)29-17(2)14-33-15-18(29)3)35(31,32)28-11-7-8-22(28)25(30)27(6)21-12-19(4)34-20(5)13-21/h9-10,17-22H,7-8,11-15H2,1-6H3/t17-,18-,19?,20?,21?,22-/m0/s1. The third-order valence-corrected chi connectivity index (χ3v) is 9.46. The minimum atomic E-state index is -3.95. The van der Waals surface area contributed by atoms with Crippen molar-refractivity contribution in [3.63, 3.8) is 0 Å². The van der Waals surface area contributed by atoms with Gasteiger partial charge in [0.25, 0.3) is 0 Å². The smallest absolute Gasteiger partial charge is 0.247 e. The van der Waals surface area contributed by atoms with Gasteiger partial charge in [0, 0.05) is 25.3 Å². The van der Waals surface area contributed by atoms with Crippen molar-refractivity contribution in [3.8, 4) is 0 Å². The van der Waals surface area contributed by atoms with Crippen LogP contribution in [0.1, 0.15) is 59.1 Å². The van der Waals surface area contributed by atoms with Crippen molar-refractivity contribution >= 4 is 21.7 Å². The minimum Gasteiger partial charge on any atom is -0.377 e. The summed E-state index contributed by atoms with van der Waals surface area (Å²) in [5.41, 5.74) is 0.751. The zero-order chi connectivity index (χ0) is 25.5. The molecule has 0 N–H and O–H groups in total. The molecule has 4 heterocycles. The highest BCUT2D eigenvalue weighted by Gasteiger charge is 2.44. The fourth-order valence-electron chi connectivity index (χ4n) is 5.84. The summed E-state index contributed by atoms with van der Waals surface area (Å²) < 4.78 is 41.1. The molecule has 3 aliphatic heterocycles. The topological polar surface area (TPSA) is 92.3 Å². The number of ether oxygens (including phenoxy) is 2. The van der Waals surface area contributed by atoms with E-state index in [-0.39, 0.29) is 41.1 Å². The Balaban J connectivity index is 1.64. The van der Waals surface area contributed by atoms with Gasteiger partial charge in [0.05, 0.1) is 37.5 Å². The van der Waals surface area contributed by atoms with E-state index >= 15 is 0 Å². The number of aryl methyl sites for hydroxylation is 1. The molecule has 3 fully saturated rings. The van der Waals surface area contributed by atoms with Crippen LogP contribution in [0.3, 0.4) is 0 Å². The molecule has 0 bridgehead atoms. The number of aromatic nitrogens is 1. The second-order valence-electron chi connectivity index (χ2n) is 10.5. The number of hydrogen-bond acceptors (Lipinski definition) is 7. The van der Waals surface area contributed by atoms with Crippen LogP contribution in [0.5, 0.6) is 0 Å². The van der Waals surface area contributed by atoms with Crippen LogP contribution in [0.2, 0.25) is 0 Å². The Labute approximate surface area is 209 Å². The fourth-order valence-corrected chi connectivity index (χ4v) is 7.62. The van der Waals surface area contributed by atoms with E-state index in [1.807, 2.05) is 39.5 Å². The van der Waals surface area contributed by atoms with Gasteiger partial charge in [0.2, 0.25) is 15.9 Å². The van der Waals surface area contributed by atoms with E-state index in [2.05, 4.69) is 4.98 Å². The van der Waals surface area contributed by atoms with Crippen molar-refractivity contribution in [2.75, 3.05) is 31.7 Å². The Kier molecular flexibility index (Phi) is 7.76. The Morgan fingerprint density at radius 1 is 1.09 bits per heavy atom. The highest BCUT2D eigenvalue weighted by atomic mass is 32.2. The molecule has 1 aromatic rings. The van der Waals surface area contributed by atoms with Gasteiger partial charge in [-0.2, -0.15) is 4.31 Å². The summed E-state index contributed by atoms with van der Waals surface area (Å²) >= 11 is 0. The summed E-state index contributed by atoms with van der Waals surface area (Å²) in [6, 6.07) is 2.69. The maximum atomic E-state index is 14.1. The summed E-state index contributed by atoms with van der Waals surface area (Å²) in [6.45, 7) is 11.3. The molecule has 3 aliphatic rings. The van der Waals surface area contributed by atoms with Crippen LogP contribution in [0.15, 0.2) is 17.0 Å². The van der Waals surface area contributed by atoms with E-state index in [1.165, 1.54) is 4.31 Å². The number of likely N-dealkylation sites (N-methyl/N-ethyl adjacent to an activating group) is 1. The Hall–Kier alpha value is -1.75. The predicted molar refractivity (Wildman–Crippen MR) is 134 cm³/mol. The molecule has 2 unspecified atom stereocenters. The van der Waals surface area contributed by atoms with Crippen molar-refractivity contribution in [1.82, 2.24) is 14.2 Å². The largest absolute Gasteiger partial charge is 0.377 e. The van der Waals surface area contributed by atoms with E-state index in [0.717, 1.165) is 18.5 Å². The molecule has 196 valence electrons. The van der Waals surface area contributed by atoms with Gasteiger partial charge in [0.15, 0.2) is 0 Å². The molecule has 0 spiro atoms. The maximum Gasteiger partial charge on any atom is 0.247 e. The average molecular weight is 509 g/mol. The van der Waals surface area contributed by atoms with Gasteiger partial charge < -0.3 is 19.3 Å². The molecule has 0 aromatic carbocycles. The molecule has 0 saturated carbocycles. The first-order valence-corrected chi connectivity index (χ1v) is 14.2. The molecule has 0 aliphatic carbocycles. The number of anilines is 1. The maximum absolute atomic E-state index is 14.1. The quantitative estimate of drug-likeness (QED) is 0.604. The first-order chi connectivity index (χ1) is 16.5. The van der Waals surface area contributed by atoms with E-state index in [1.54, 1.807) is 24.1 Å². The van der Waals surface area contributed by atoms with Crippen LogP contribution in [-0.4, -0.2) is 91.7 Å². The van der Waals surface area contributed by atoms with Crippen molar-refractivity contribution < 1.29 is 22.7 Å². The summed E-state index contributed by atoms with van der Waals surface area (Å²) in [4.78, 5) is 22.3. The lowest BCUT2D eigenvalue weighted by molar-refractivity contribution is -0.140. The van der Waals surface area contributed by atoms with Gasteiger partial charge in [-0.1, -0.05) is 0 Å². The molecule has 1 amide bonds. The number of carbonyl (C=O) groups excluding carboxylic acids is 1. The Bertz CT molecular complexity index is 1010.